The number of halogens is 1. The second-order valence-corrected chi connectivity index (χ2v) is 7.08. The van der Waals surface area contributed by atoms with E-state index in [1.165, 1.54) is 0 Å². The molecule has 0 spiro atoms. The van der Waals surface area contributed by atoms with Gasteiger partial charge in [-0.2, -0.15) is 4.98 Å². The molecule has 4 rings (SSSR count). The molecule has 3 heterocycles. The summed E-state index contributed by atoms with van der Waals surface area (Å²) in [7, 11) is 0. The minimum absolute atomic E-state index is 0.111. The van der Waals surface area contributed by atoms with Gasteiger partial charge in [-0.25, -0.2) is 0 Å². The van der Waals surface area contributed by atoms with Crippen molar-refractivity contribution in [2.45, 2.75) is 25.2 Å². The van der Waals surface area contributed by atoms with Crippen molar-refractivity contribution in [3.63, 3.8) is 0 Å². The number of benzene rings is 1. The second kappa shape index (κ2) is 7.03. The summed E-state index contributed by atoms with van der Waals surface area (Å²) in [5, 5.41) is 5.90. The van der Waals surface area contributed by atoms with Crippen LogP contribution < -0.4 is 21.1 Å². The molecule has 0 aliphatic carbocycles. The molecule has 1 aromatic carbocycles. The van der Waals surface area contributed by atoms with Gasteiger partial charge in [0.2, 0.25) is 17.8 Å². The van der Waals surface area contributed by atoms with Crippen LogP contribution in [0.5, 0.6) is 0 Å². The molecule has 0 radical (unpaired) electrons. The highest BCUT2D eigenvalue weighted by Gasteiger charge is 2.35. The molecule has 0 bridgehead atoms. The maximum atomic E-state index is 12.7. The first kappa shape index (κ1) is 17.5. The van der Waals surface area contributed by atoms with E-state index < -0.39 is 17.4 Å². The van der Waals surface area contributed by atoms with Gasteiger partial charge in [-0.1, -0.05) is 11.6 Å². The number of rotatable bonds is 3. The summed E-state index contributed by atoms with van der Waals surface area (Å²) in [6, 6.07) is 6.61. The van der Waals surface area contributed by atoms with Crippen molar-refractivity contribution in [1.29, 1.82) is 0 Å². The van der Waals surface area contributed by atoms with Crippen molar-refractivity contribution in [2.75, 3.05) is 28.6 Å². The fourth-order valence-corrected chi connectivity index (χ4v) is 3.55. The molecule has 27 heavy (non-hydrogen) atoms. The number of anilines is 3. The molecule has 1 aromatic heterocycles. The number of amides is 2. The molecule has 2 aliphatic rings. The van der Waals surface area contributed by atoms with E-state index in [-0.39, 0.29) is 23.7 Å². The number of carbonyl (C=O) groups is 2. The summed E-state index contributed by atoms with van der Waals surface area (Å²) >= 11 is 5.85. The average Bonchev–Trinajstić information content (AvgIpc) is 3.17. The molecule has 140 valence electrons. The lowest BCUT2D eigenvalue weighted by Gasteiger charge is -2.25. The van der Waals surface area contributed by atoms with Gasteiger partial charge in [0.25, 0.3) is 5.56 Å². The number of aromatic amines is 1. The topological polar surface area (TPSA) is 107 Å². The summed E-state index contributed by atoms with van der Waals surface area (Å²) in [4.78, 5) is 46.7. The lowest BCUT2D eigenvalue weighted by atomic mass is 9.92. The van der Waals surface area contributed by atoms with E-state index in [9.17, 15) is 14.4 Å². The lowest BCUT2D eigenvalue weighted by molar-refractivity contribution is -0.123. The number of hydrogen-bond acceptors (Lipinski definition) is 5. The molecule has 1 atom stereocenters. The van der Waals surface area contributed by atoms with Gasteiger partial charge in [-0.15, -0.1) is 0 Å². The van der Waals surface area contributed by atoms with Crippen LogP contribution in [0.25, 0.3) is 0 Å². The lowest BCUT2D eigenvalue weighted by Crippen LogP contribution is -2.37. The fraction of sp³-hybridized carbons (Fsp3) is 0.333. The largest absolute Gasteiger partial charge is 0.342 e. The molecule has 0 saturated carbocycles. The number of nitrogens with zero attached hydrogens (tertiary/aromatic N) is 2. The van der Waals surface area contributed by atoms with Crippen LogP contribution in [0.4, 0.5) is 17.5 Å². The summed E-state index contributed by atoms with van der Waals surface area (Å²) in [5.74, 6) is -1.10. The fourth-order valence-electron chi connectivity index (χ4n) is 3.42. The highest BCUT2D eigenvalue weighted by Crippen LogP contribution is 2.30. The summed E-state index contributed by atoms with van der Waals surface area (Å²) in [6.07, 6.45) is 1.94. The minimum Gasteiger partial charge on any atom is -0.342 e. The number of H-pyrrole nitrogens is 1. The number of fused-ring (bicyclic) bond motifs is 1. The number of nitrogens with one attached hydrogen (secondary N) is 3. The van der Waals surface area contributed by atoms with Crippen LogP contribution in [0.3, 0.4) is 0 Å². The Balaban J connectivity index is 1.65. The van der Waals surface area contributed by atoms with Crippen molar-refractivity contribution in [3.05, 3.63) is 45.2 Å². The first-order valence-corrected chi connectivity index (χ1v) is 9.14. The Morgan fingerprint density at radius 2 is 1.89 bits per heavy atom. The quantitative estimate of drug-likeness (QED) is 0.747. The van der Waals surface area contributed by atoms with Gasteiger partial charge in [0.05, 0.1) is 11.5 Å². The van der Waals surface area contributed by atoms with Gasteiger partial charge in [0, 0.05) is 30.2 Å². The van der Waals surface area contributed by atoms with E-state index >= 15 is 0 Å². The molecule has 3 N–H and O–H groups in total. The Morgan fingerprint density at radius 1 is 1.19 bits per heavy atom. The minimum atomic E-state index is -0.909. The number of carbonyl (C=O) groups excluding carboxylic acids is 2. The van der Waals surface area contributed by atoms with Crippen LogP contribution in [-0.2, 0) is 9.59 Å². The Labute approximate surface area is 159 Å². The number of hydrogen-bond donors (Lipinski definition) is 3. The molecular weight excluding hydrogens is 370 g/mol. The van der Waals surface area contributed by atoms with Crippen molar-refractivity contribution in [1.82, 2.24) is 9.97 Å². The van der Waals surface area contributed by atoms with Crippen molar-refractivity contribution in [3.8, 4) is 0 Å². The predicted octanol–water partition coefficient (Wildman–Crippen LogP) is 2.09. The molecule has 1 fully saturated rings. The van der Waals surface area contributed by atoms with Gasteiger partial charge in [-0.3, -0.25) is 19.4 Å². The first-order chi connectivity index (χ1) is 13.0. The van der Waals surface area contributed by atoms with Gasteiger partial charge >= 0.3 is 0 Å². The molecule has 2 aliphatic heterocycles. The predicted molar refractivity (Wildman–Crippen MR) is 102 cm³/mol. The smallest absolute Gasteiger partial charge is 0.258 e. The highest BCUT2D eigenvalue weighted by atomic mass is 35.5. The molecule has 2 amide bonds. The summed E-state index contributed by atoms with van der Waals surface area (Å²) in [5.41, 5.74) is 0.317. The third kappa shape index (κ3) is 3.52. The van der Waals surface area contributed by atoms with Crippen LogP contribution in [0.2, 0.25) is 5.02 Å². The van der Waals surface area contributed by atoms with Crippen molar-refractivity contribution >= 4 is 40.9 Å². The third-order valence-electron chi connectivity index (χ3n) is 4.77. The molecule has 1 unspecified atom stereocenters. The Kier molecular flexibility index (Phi) is 4.57. The zero-order chi connectivity index (χ0) is 19.0. The molecule has 1 saturated heterocycles. The zero-order valence-corrected chi connectivity index (χ0v) is 15.2. The van der Waals surface area contributed by atoms with E-state index in [1.54, 1.807) is 24.3 Å². The summed E-state index contributed by atoms with van der Waals surface area (Å²) < 4.78 is 0. The second-order valence-electron chi connectivity index (χ2n) is 6.65. The zero-order valence-electron chi connectivity index (χ0n) is 14.4. The van der Waals surface area contributed by atoms with Crippen LogP contribution in [0.1, 0.15) is 30.7 Å². The molecule has 8 nitrogen and oxygen atoms in total. The van der Waals surface area contributed by atoms with Crippen molar-refractivity contribution < 1.29 is 9.59 Å². The van der Waals surface area contributed by atoms with Crippen LogP contribution in [0, 0.1) is 0 Å². The van der Waals surface area contributed by atoms with E-state index in [1.807, 2.05) is 4.90 Å². The van der Waals surface area contributed by atoms with Crippen molar-refractivity contribution in [2.24, 2.45) is 0 Å². The average molecular weight is 388 g/mol. The van der Waals surface area contributed by atoms with E-state index in [2.05, 4.69) is 20.6 Å². The summed E-state index contributed by atoms with van der Waals surface area (Å²) in [6.45, 7) is 1.60. The maximum absolute atomic E-state index is 12.7. The van der Waals surface area contributed by atoms with Gasteiger partial charge in [0.15, 0.2) is 0 Å². The maximum Gasteiger partial charge on any atom is 0.258 e. The number of aromatic nitrogens is 2. The van der Waals surface area contributed by atoms with Gasteiger partial charge in [0.1, 0.15) is 5.82 Å². The standard InChI is InChI=1S/C18H18ClN5O3/c19-10-3-5-11(6-4-10)20-16(26)12-9-13(25)21-15-14(12)17(27)23-18(22-15)24-7-1-2-8-24/h3-6,12H,1-2,7-9H2,(H,20,26)(H2,21,22,23,25,27). The van der Waals surface area contributed by atoms with Gasteiger partial charge in [-0.05, 0) is 37.1 Å². The molecular formula is C18H18ClN5O3. The highest BCUT2D eigenvalue weighted by molar-refractivity contribution is 6.30. The van der Waals surface area contributed by atoms with Gasteiger partial charge < -0.3 is 15.5 Å². The SMILES string of the molecule is O=C1CC(C(=O)Nc2ccc(Cl)cc2)c2c(nc(N3CCCC3)[nH]c2=O)N1. The van der Waals surface area contributed by atoms with Crippen LogP contribution in [-0.4, -0.2) is 34.9 Å². The van der Waals surface area contributed by atoms with E-state index in [0.29, 0.717) is 16.7 Å². The van der Waals surface area contributed by atoms with Crippen LogP contribution >= 0.6 is 11.6 Å². The van der Waals surface area contributed by atoms with E-state index in [0.717, 1.165) is 25.9 Å². The Hall–Kier alpha value is -2.87. The van der Waals surface area contributed by atoms with E-state index in [4.69, 9.17) is 11.6 Å². The normalized spacial score (nSPS) is 18.8. The Morgan fingerprint density at radius 3 is 2.59 bits per heavy atom. The third-order valence-corrected chi connectivity index (χ3v) is 5.02. The Bertz CT molecular complexity index is 950. The molecule has 2 aromatic rings. The van der Waals surface area contributed by atoms with Crippen LogP contribution in [0.15, 0.2) is 29.1 Å². The molecule has 9 heteroatoms. The first-order valence-electron chi connectivity index (χ1n) is 8.77. The monoisotopic (exact) mass is 387 g/mol.